The summed E-state index contributed by atoms with van der Waals surface area (Å²) >= 11 is 7.27. The van der Waals surface area contributed by atoms with Crippen LogP contribution in [0.2, 0.25) is 0 Å². The molecule has 1 aromatic carbocycles. The summed E-state index contributed by atoms with van der Waals surface area (Å²) in [5.74, 6) is 1.79. The maximum atomic E-state index is 11.2. The first-order valence-electron chi connectivity index (χ1n) is 6.12. The predicted molar refractivity (Wildman–Crippen MR) is 81.0 cm³/mol. The Labute approximate surface area is 126 Å². The predicted octanol–water partition coefficient (Wildman–Crippen LogP) is 2.30. The number of thioether (sulfide) groups is 1. The van der Waals surface area contributed by atoms with E-state index in [-0.39, 0.29) is 0 Å². The Morgan fingerprint density at radius 2 is 2.25 bits per heavy atom. The average molecular weight is 311 g/mol. The second kappa shape index (κ2) is 6.76. The maximum Gasteiger partial charge on any atom is 0.248 e. The number of nitrogens with zero attached hydrogens (tertiary/aromatic N) is 3. The molecule has 0 saturated heterocycles. The number of halogens is 1. The lowest BCUT2D eigenvalue weighted by molar-refractivity contribution is 0.100. The largest absolute Gasteiger partial charge is 0.366 e. The van der Waals surface area contributed by atoms with E-state index in [9.17, 15) is 4.79 Å². The van der Waals surface area contributed by atoms with Crippen LogP contribution in [0.1, 0.15) is 16.8 Å². The molecule has 0 atom stereocenters. The van der Waals surface area contributed by atoms with Crippen LogP contribution in [-0.2, 0) is 7.05 Å². The number of benzene rings is 1. The Hall–Kier alpha value is -1.53. The molecule has 0 unspecified atom stereocenters. The first-order valence-corrected chi connectivity index (χ1v) is 7.64. The molecule has 1 aromatic heterocycles. The van der Waals surface area contributed by atoms with Crippen molar-refractivity contribution in [2.75, 3.05) is 11.6 Å². The number of nitrogens with two attached hydrogens (primary N) is 1. The molecule has 2 N–H and O–H groups in total. The maximum absolute atomic E-state index is 11.2. The van der Waals surface area contributed by atoms with Crippen LogP contribution in [0.3, 0.4) is 0 Å². The number of hydrogen-bond donors (Lipinski definition) is 1. The minimum Gasteiger partial charge on any atom is -0.366 e. The molecule has 5 nitrogen and oxygen atoms in total. The van der Waals surface area contributed by atoms with Crippen molar-refractivity contribution in [1.82, 2.24) is 14.8 Å². The van der Waals surface area contributed by atoms with E-state index >= 15 is 0 Å². The number of rotatable bonds is 6. The lowest BCUT2D eigenvalue weighted by atomic mass is 10.1. The van der Waals surface area contributed by atoms with Gasteiger partial charge in [-0.05, 0) is 18.6 Å². The normalized spacial score (nSPS) is 10.7. The number of carbonyl (C=O) groups excluding carboxylic acids is 1. The van der Waals surface area contributed by atoms with Crippen LogP contribution in [0, 0.1) is 0 Å². The zero-order valence-electron chi connectivity index (χ0n) is 11.0. The molecule has 2 rings (SSSR count). The van der Waals surface area contributed by atoms with Gasteiger partial charge in [0.1, 0.15) is 0 Å². The molecular weight excluding hydrogens is 296 g/mol. The van der Waals surface area contributed by atoms with Crippen molar-refractivity contribution in [3.63, 3.8) is 0 Å². The second-order valence-corrected chi connectivity index (χ2v) is 5.64. The zero-order chi connectivity index (χ0) is 14.5. The standard InChI is InChI=1S/C13H15ClN4OS/c1-18-12(16-17-13(18)20-7-3-6-14)10-5-2-4-9(8-10)11(15)19/h2,4-5,8H,3,6-7H2,1H3,(H2,15,19). The van der Waals surface area contributed by atoms with Crippen molar-refractivity contribution < 1.29 is 4.79 Å². The molecule has 106 valence electrons. The summed E-state index contributed by atoms with van der Waals surface area (Å²) < 4.78 is 1.90. The Morgan fingerprint density at radius 1 is 1.45 bits per heavy atom. The summed E-state index contributed by atoms with van der Waals surface area (Å²) in [4.78, 5) is 11.2. The van der Waals surface area contributed by atoms with Crippen LogP contribution >= 0.6 is 23.4 Å². The Balaban J connectivity index is 2.25. The Morgan fingerprint density at radius 3 is 2.95 bits per heavy atom. The van der Waals surface area contributed by atoms with Gasteiger partial charge in [0, 0.05) is 29.8 Å². The summed E-state index contributed by atoms with van der Waals surface area (Å²) in [5, 5.41) is 9.16. The highest BCUT2D eigenvalue weighted by Gasteiger charge is 2.12. The van der Waals surface area contributed by atoms with Crippen LogP contribution in [-0.4, -0.2) is 32.3 Å². The fraction of sp³-hybridized carbons (Fsp3) is 0.308. The zero-order valence-corrected chi connectivity index (χ0v) is 12.6. The van der Waals surface area contributed by atoms with Gasteiger partial charge in [-0.2, -0.15) is 0 Å². The van der Waals surface area contributed by atoms with E-state index < -0.39 is 5.91 Å². The van der Waals surface area contributed by atoms with Gasteiger partial charge in [0.2, 0.25) is 5.91 Å². The highest BCUT2D eigenvalue weighted by Crippen LogP contribution is 2.23. The Kier molecular flexibility index (Phi) is 5.03. The minimum atomic E-state index is -0.453. The fourth-order valence-corrected chi connectivity index (χ4v) is 2.86. The third kappa shape index (κ3) is 3.32. The smallest absolute Gasteiger partial charge is 0.248 e. The van der Waals surface area contributed by atoms with Gasteiger partial charge in [0.25, 0.3) is 0 Å². The number of alkyl halides is 1. The number of primary amides is 1. The molecule has 0 aliphatic rings. The summed E-state index contributed by atoms with van der Waals surface area (Å²) in [6, 6.07) is 7.06. The van der Waals surface area contributed by atoms with Crippen molar-refractivity contribution in [1.29, 1.82) is 0 Å². The summed E-state index contributed by atoms with van der Waals surface area (Å²) in [7, 11) is 1.90. The van der Waals surface area contributed by atoms with E-state index in [1.807, 2.05) is 17.7 Å². The minimum absolute atomic E-state index is 0.453. The number of carbonyl (C=O) groups is 1. The topological polar surface area (TPSA) is 73.8 Å². The van der Waals surface area contributed by atoms with Gasteiger partial charge >= 0.3 is 0 Å². The van der Waals surface area contributed by atoms with Crippen molar-refractivity contribution in [2.45, 2.75) is 11.6 Å². The first-order chi connectivity index (χ1) is 9.63. The van der Waals surface area contributed by atoms with Crippen molar-refractivity contribution in [3.8, 4) is 11.4 Å². The van der Waals surface area contributed by atoms with E-state index in [4.69, 9.17) is 17.3 Å². The first kappa shape index (κ1) is 14.9. The lowest BCUT2D eigenvalue weighted by Gasteiger charge is -2.04. The fourth-order valence-electron chi connectivity index (χ4n) is 1.72. The van der Waals surface area contributed by atoms with E-state index in [1.165, 1.54) is 0 Å². The number of hydrogen-bond acceptors (Lipinski definition) is 4. The van der Waals surface area contributed by atoms with Crippen LogP contribution in [0.4, 0.5) is 0 Å². The van der Waals surface area contributed by atoms with Crippen molar-refractivity contribution in [2.24, 2.45) is 12.8 Å². The third-order valence-corrected chi connectivity index (χ3v) is 4.12. The average Bonchev–Trinajstić information content (AvgIpc) is 2.81. The van der Waals surface area contributed by atoms with Crippen LogP contribution < -0.4 is 5.73 Å². The molecule has 1 heterocycles. The van der Waals surface area contributed by atoms with Gasteiger partial charge in [0.05, 0.1) is 0 Å². The number of aromatic nitrogens is 3. The van der Waals surface area contributed by atoms with Crippen LogP contribution in [0.25, 0.3) is 11.4 Å². The number of amides is 1. The molecule has 2 aromatic rings. The van der Waals surface area contributed by atoms with Gasteiger partial charge in [-0.15, -0.1) is 21.8 Å². The van der Waals surface area contributed by atoms with Gasteiger partial charge in [-0.1, -0.05) is 23.9 Å². The molecule has 0 bridgehead atoms. The monoisotopic (exact) mass is 310 g/mol. The molecule has 20 heavy (non-hydrogen) atoms. The molecule has 7 heteroatoms. The molecular formula is C13H15ClN4OS. The summed E-state index contributed by atoms with van der Waals surface area (Å²) in [6.07, 6.45) is 0.922. The highest BCUT2D eigenvalue weighted by molar-refractivity contribution is 7.99. The van der Waals surface area contributed by atoms with Crippen LogP contribution in [0.15, 0.2) is 29.4 Å². The van der Waals surface area contributed by atoms with Gasteiger partial charge in [0.15, 0.2) is 11.0 Å². The molecule has 0 spiro atoms. The van der Waals surface area contributed by atoms with E-state index in [0.29, 0.717) is 17.3 Å². The molecule has 0 saturated carbocycles. The SMILES string of the molecule is Cn1c(SCCCCl)nnc1-c1cccc(C(N)=O)c1. The van der Waals surface area contributed by atoms with Crippen molar-refractivity contribution >= 4 is 29.3 Å². The van der Waals surface area contributed by atoms with E-state index in [2.05, 4.69) is 10.2 Å². The summed E-state index contributed by atoms with van der Waals surface area (Å²) in [6.45, 7) is 0. The lowest BCUT2D eigenvalue weighted by Crippen LogP contribution is -2.10. The molecule has 0 fully saturated rings. The van der Waals surface area contributed by atoms with Gasteiger partial charge < -0.3 is 10.3 Å². The van der Waals surface area contributed by atoms with Crippen LogP contribution in [0.5, 0.6) is 0 Å². The third-order valence-electron chi connectivity index (χ3n) is 2.75. The van der Waals surface area contributed by atoms with E-state index in [1.54, 1.807) is 30.0 Å². The summed E-state index contributed by atoms with van der Waals surface area (Å²) in [5.41, 5.74) is 6.57. The second-order valence-electron chi connectivity index (χ2n) is 4.20. The molecule has 0 radical (unpaired) electrons. The molecule has 1 amide bonds. The quantitative estimate of drug-likeness (QED) is 0.505. The molecule has 0 aliphatic heterocycles. The van der Waals surface area contributed by atoms with Gasteiger partial charge in [-0.25, -0.2) is 0 Å². The molecule has 0 aliphatic carbocycles. The Bertz CT molecular complexity index is 614. The van der Waals surface area contributed by atoms with E-state index in [0.717, 1.165) is 22.9 Å². The van der Waals surface area contributed by atoms with Gasteiger partial charge in [-0.3, -0.25) is 4.79 Å². The van der Waals surface area contributed by atoms with Crippen molar-refractivity contribution in [3.05, 3.63) is 29.8 Å². The highest BCUT2D eigenvalue weighted by atomic mass is 35.5.